The fourth-order valence-corrected chi connectivity index (χ4v) is 9.92. The average molecular weight is 1070 g/mol. The van der Waals surface area contributed by atoms with Crippen molar-refractivity contribution in [2.75, 3.05) is 0 Å². The maximum Gasteiger partial charge on any atom is 0.121 e. The number of furan rings is 1. The topological polar surface area (TPSA) is 43.9 Å². The zero-order valence-electron chi connectivity index (χ0n) is 40.0. The van der Waals surface area contributed by atoms with Crippen molar-refractivity contribution in [3.63, 3.8) is 0 Å². The van der Waals surface area contributed by atoms with Crippen LogP contribution in [0.1, 0.15) is 102 Å². The molecule has 0 amide bonds. The molecule has 10 aromatic rings. The van der Waals surface area contributed by atoms with Crippen LogP contribution in [0.4, 0.5) is 4.39 Å². The Morgan fingerprint density at radius 1 is 0.632 bits per heavy atom. The second kappa shape index (κ2) is 18.6. The first-order chi connectivity index (χ1) is 32.3. The molecular weight excluding hydrogens is 1010 g/mol. The third-order valence-corrected chi connectivity index (χ3v) is 13.9. The van der Waals surface area contributed by atoms with Gasteiger partial charge in [0.15, 0.2) is 0 Å². The zero-order chi connectivity index (χ0) is 46.6. The summed E-state index contributed by atoms with van der Waals surface area (Å²) in [4.78, 5) is 9.90. The van der Waals surface area contributed by atoms with Crippen LogP contribution in [0.25, 0.3) is 83.6 Å². The van der Waals surface area contributed by atoms with E-state index in [1.165, 1.54) is 69.6 Å². The molecule has 3 aromatic heterocycles. The Morgan fingerprint density at radius 3 is 1.91 bits per heavy atom. The molecule has 1 aliphatic rings. The normalized spacial score (nSPS) is 13.9. The summed E-state index contributed by atoms with van der Waals surface area (Å²) in [5.74, 6) is 1.14. The number of hydrogen-bond acceptors (Lipinski definition) is 3. The molecule has 68 heavy (non-hydrogen) atoms. The standard InChI is InChI=1S/C43H35N2O.C19H21FN.Ir/c1-27(2)36-24-32(30-16-9-6-10-17-30)25-37(28(3)4)41(36)45-39-21-12-11-20-38(39)44-43(45)35-19-13-18-34-33-23-22-31(26-40(33)46-42(34)35)29-14-7-5-8-15-29;1-18(2)9-10-19(3,4)16-12-21-17(11-15(16)18)13-5-7-14(20)8-6-13;/h5-18,20-28H,1-4H3;5,7-8,11-12H,9-10H2,1-4H3;/q2*-1;. The van der Waals surface area contributed by atoms with Gasteiger partial charge in [-0.05, 0) is 116 Å². The molecule has 0 N–H and O–H groups in total. The molecule has 343 valence electrons. The molecule has 1 radical (unpaired) electrons. The number of nitrogens with zero attached hydrogens (tertiary/aromatic N) is 3. The second-order valence-corrected chi connectivity index (χ2v) is 20.0. The third-order valence-electron chi connectivity index (χ3n) is 13.9. The first-order valence-electron chi connectivity index (χ1n) is 23.6. The van der Waals surface area contributed by atoms with E-state index in [2.05, 4.69) is 198 Å². The number of aromatic nitrogens is 3. The summed E-state index contributed by atoms with van der Waals surface area (Å²) < 4.78 is 22.1. The Balaban J connectivity index is 0.000000220. The van der Waals surface area contributed by atoms with Crippen LogP contribution >= 0.6 is 0 Å². The predicted octanol–water partition coefficient (Wildman–Crippen LogP) is 17.0. The number of pyridine rings is 1. The van der Waals surface area contributed by atoms with Crippen LogP contribution < -0.4 is 0 Å². The van der Waals surface area contributed by atoms with Crippen molar-refractivity contribution in [3.05, 3.63) is 198 Å². The van der Waals surface area contributed by atoms with E-state index in [1.54, 1.807) is 6.07 Å². The largest absolute Gasteiger partial charge is 0.501 e. The van der Waals surface area contributed by atoms with Crippen LogP contribution in [0.15, 0.2) is 162 Å². The van der Waals surface area contributed by atoms with Gasteiger partial charge < -0.3 is 14.0 Å². The summed E-state index contributed by atoms with van der Waals surface area (Å²) in [6.07, 6.45) is 4.35. The fourth-order valence-electron chi connectivity index (χ4n) is 9.92. The van der Waals surface area contributed by atoms with E-state index in [9.17, 15) is 4.39 Å². The molecule has 0 aliphatic heterocycles. The van der Waals surface area contributed by atoms with Gasteiger partial charge in [-0.1, -0.05) is 157 Å². The number of benzene rings is 7. The van der Waals surface area contributed by atoms with Crippen molar-refractivity contribution >= 4 is 33.0 Å². The van der Waals surface area contributed by atoms with Crippen molar-refractivity contribution < 1.29 is 28.9 Å². The van der Waals surface area contributed by atoms with Crippen molar-refractivity contribution in [1.29, 1.82) is 0 Å². The van der Waals surface area contributed by atoms with Gasteiger partial charge in [0.2, 0.25) is 0 Å². The van der Waals surface area contributed by atoms with Crippen molar-refractivity contribution in [2.45, 2.75) is 90.9 Å². The SMILES string of the molecule is CC(C)c1cc(-c2ccccc2)cc(C(C)C)c1-n1c(-c2[c-]ccc3c2oc2cc(-c4ccccc4)ccc23)nc2ccccc21.CC1(C)CCC(C)(C)c2cc(-c3[c-]cc(F)cc3)ncc21.[Ir]. The summed E-state index contributed by atoms with van der Waals surface area (Å²) in [6, 6.07) is 58.2. The molecule has 4 nitrogen and oxygen atoms in total. The van der Waals surface area contributed by atoms with Crippen LogP contribution in [0.3, 0.4) is 0 Å². The Morgan fingerprint density at radius 2 is 1.26 bits per heavy atom. The van der Waals surface area contributed by atoms with E-state index in [0.717, 1.165) is 61.2 Å². The summed E-state index contributed by atoms with van der Waals surface area (Å²) in [5, 5.41) is 2.15. The molecule has 1 aliphatic carbocycles. The van der Waals surface area contributed by atoms with Crippen LogP contribution in [-0.2, 0) is 30.9 Å². The van der Waals surface area contributed by atoms with Crippen LogP contribution in [0, 0.1) is 17.9 Å². The number of para-hydroxylation sites is 2. The van der Waals surface area contributed by atoms with E-state index < -0.39 is 0 Å². The Labute approximate surface area is 413 Å². The molecule has 11 rings (SSSR count). The van der Waals surface area contributed by atoms with E-state index >= 15 is 0 Å². The Kier molecular flexibility index (Phi) is 12.7. The number of imidazole rings is 1. The molecule has 0 unspecified atom stereocenters. The van der Waals surface area contributed by atoms with Gasteiger partial charge in [-0.2, -0.15) is 0 Å². The monoisotopic (exact) mass is 1070 g/mol. The zero-order valence-corrected chi connectivity index (χ0v) is 42.4. The average Bonchev–Trinajstić information content (AvgIpc) is 3.92. The minimum atomic E-state index is -0.266. The minimum Gasteiger partial charge on any atom is -0.501 e. The number of rotatable bonds is 7. The third kappa shape index (κ3) is 8.65. The smallest absolute Gasteiger partial charge is 0.121 e. The Bertz CT molecular complexity index is 3390. The second-order valence-electron chi connectivity index (χ2n) is 20.0. The summed E-state index contributed by atoms with van der Waals surface area (Å²) in [5.41, 5.74) is 17.8. The van der Waals surface area contributed by atoms with Crippen LogP contribution in [0.2, 0.25) is 0 Å². The van der Waals surface area contributed by atoms with Gasteiger partial charge in [-0.3, -0.25) is 9.37 Å². The van der Waals surface area contributed by atoms with Crippen LogP contribution in [-0.4, -0.2) is 14.5 Å². The van der Waals surface area contributed by atoms with Gasteiger partial charge in [-0.25, -0.2) is 0 Å². The fraction of sp³-hybridized carbons (Fsp3) is 0.226. The van der Waals surface area contributed by atoms with E-state index in [0.29, 0.717) is 0 Å². The molecule has 0 saturated heterocycles. The molecule has 0 saturated carbocycles. The van der Waals surface area contributed by atoms with Crippen molar-refractivity contribution in [3.8, 4) is 50.6 Å². The van der Waals surface area contributed by atoms with Crippen molar-refractivity contribution in [1.82, 2.24) is 14.5 Å². The van der Waals surface area contributed by atoms with E-state index in [1.807, 2.05) is 18.3 Å². The molecule has 0 fully saturated rings. The Hall–Kier alpha value is -6.46. The van der Waals surface area contributed by atoms with Crippen LogP contribution in [0.5, 0.6) is 0 Å². The first kappa shape index (κ1) is 46.6. The molecular formula is C62H56FIrN3O-2. The maximum absolute atomic E-state index is 13.0. The quantitative estimate of drug-likeness (QED) is 0.149. The van der Waals surface area contributed by atoms with Gasteiger partial charge in [0, 0.05) is 43.2 Å². The molecule has 7 aromatic carbocycles. The molecule has 6 heteroatoms. The summed E-state index contributed by atoms with van der Waals surface area (Å²) in [6.45, 7) is 18.3. The first-order valence-corrected chi connectivity index (χ1v) is 23.6. The van der Waals surface area contributed by atoms with Gasteiger partial charge >= 0.3 is 0 Å². The maximum atomic E-state index is 13.0. The molecule has 0 bridgehead atoms. The molecule has 3 heterocycles. The number of halogens is 1. The van der Waals surface area contributed by atoms with Gasteiger partial charge in [0.1, 0.15) is 5.58 Å². The van der Waals surface area contributed by atoms with Gasteiger partial charge in [-0.15, -0.1) is 48.0 Å². The summed E-state index contributed by atoms with van der Waals surface area (Å²) in [7, 11) is 0. The minimum absolute atomic E-state index is 0. The number of fused-ring (bicyclic) bond motifs is 5. The van der Waals surface area contributed by atoms with Gasteiger partial charge in [0.05, 0.1) is 22.4 Å². The summed E-state index contributed by atoms with van der Waals surface area (Å²) >= 11 is 0. The van der Waals surface area contributed by atoms with E-state index in [-0.39, 0.29) is 48.6 Å². The van der Waals surface area contributed by atoms with E-state index in [4.69, 9.17) is 9.40 Å². The predicted molar refractivity (Wildman–Crippen MR) is 275 cm³/mol. The number of hydrogen-bond donors (Lipinski definition) is 0. The molecule has 0 atom stereocenters. The van der Waals surface area contributed by atoms with Crippen molar-refractivity contribution in [2.24, 2.45) is 0 Å². The molecule has 0 spiro atoms. The van der Waals surface area contributed by atoms with Gasteiger partial charge in [0.25, 0.3) is 0 Å².